The molecule has 0 bridgehead atoms. The minimum atomic E-state index is -3.17. The summed E-state index contributed by atoms with van der Waals surface area (Å²) in [5.74, 6) is 0. The Balaban J connectivity index is 2.75. The molecule has 0 heterocycles. The number of aryl methyl sites for hydroxylation is 1. The maximum absolute atomic E-state index is 11.6. The van der Waals surface area contributed by atoms with E-state index in [9.17, 15) is 8.42 Å². The lowest BCUT2D eigenvalue weighted by molar-refractivity contribution is 0.572. The van der Waals surface area contributed by atoms with E-state index in [4.69, 9.17) is 0 Å². The molecule has 0 saturated heterocycles. The number of hydrogen-bond acceptors (Lipinski definition) is 2. The van der Waals surface area contributed by atoms with Crippen LogP contribution in [0.2, 0.25) is 0 Å². The summed E-state index contributed by atoms with van der Waals surface area (Å²) >= 11 is 0. The van der Waals surface area contributed by atoms with Crippen LogP contribution in [-0.2, 0) is 23.0 Å². The Morgan fingerprint density at radius 1 is 1.19 bits per heavy atom. The Labute approximate surface area is 97.9 Å². The molecule has 1 aromatic rings. The summed E-state index contributed by atoms with van der Waals surface area (Å²) in [5.41, 5.74) is 2.24. The van der Waals surface area contributed by atoms with Crippen LogP contribution in [0.4, 0.5) is 0 Å². The smallest absolute Gasteiger partial charge is 0.212 e. The largest absolute Gasteiger partial charge is 0.214 e. The van der Waals surface area contributed by atoms with Gasteiger partial charge in [0.05, 0.1) is 5.25 Å². The molecule has 1 rings (SSSR count). The molecule has 90 valence electrons. The average molecular weight is 241 g/mol. The van der Waals surface area contributed by atoms with Crippen LogP contribution in [0.1, 0.15) is 31.9 Å². The van der Waals surface area contributed by atoms with Gasteiger partial charge in [-0.25, -0.2) is 13.1 Å². The number of nitrogens with one attached hydrogen (secondary N) is 1. The first kappa shape index (κ1) is 13.2. The molecule has 0 aliphatic rings. The number of sulfonamides is 1. The standard InChI is InChI=1S/C12H19NO2S/c1-4-11-7-5-6-8-12(11)9-13-16(14,15)10(2)3/h5-8,10,13H,4,9H2,1-3H3. The lowest BCUT2D eigenvalue weighted by Crippen LogP contribution is -2.30. The molecule has 3 nitrogen and oxygen atoms in total. The van der Waals surface area contributed by atoms with Crippen molar-refractivity contribution >= 4 is 10.0 Å². The first-order chi connectivity index (χ1) is 7.47. The molecule has 0 spiro atoms. The van der Waals surface area contributed by atoms with Crippen LogP contribution in [0.5, 0.6) is 0 Å². The zero-order valence-electron chi connectivity index (χ0n) is 10.0. The van der Waals surface area contributed by atoms with Gasteiger partial charge in [-0.2, -0.15) is 0 Å². The number of benzene rings is 1. The van der Waals surface area contributed by atoms with Crippen molar-refractivity contribution in [1.29, 1.82) is 0 Å². The van der Waals surface area contributed by atoms with Gasteiger partial charge < -0.3 is 0 Å². The first-order valence-corrected chi connectivity index (χ1v) is 7.07. The zero-order chi connectivity index (χ0) is 12.2. The third-order valence-electron chi connectivity index (χ3n) is 2.58. The molecule has 1 N–H and O–H groups in total. The molecule has 0 saturated carbocycles. The second kappa shape index (κ2) is 5.46. The fourth-order valence-electron chi connectivity index (χ4n) is 1.42. The monoisotopic (exact) mass is 241 g/mol. The van der Waals surface area contributed by atoms with Crippen LogP contribution in [0.25, 0.3) is 0 Å². The van der Waals surface area contributed by atoms with E-state index in [2.05, 4.69) is 11.6 Å². The maximum atomic E-state index is 11.6. The average Bonchev–Trinajstić information content (AvgIpc) is 2.26. The van der Waals surface area contributed by atoms with E-state index in [1.54, 1.807) is 13.8 Å². The molecule has 0 unspecified atom stereocenters. The lowest BCUT2D eigenvalue weighted by atomic mass is 10.1. The molecule has 16 heavy (non-hydrogen) atoms. The molecule has 0 atom stereocenters. The number of rotatable bonds is 5. The van der Waals surface area contributed by atoms with Gasteiger partial charge in [-0.3, -0.25) is 0 Å². The van der Waals surface area contributed by atoms with E-state index < -0.39 is 10.0 Å². The summed E-state index contributed by atoms with van der Waals surface area (Å²) in [6, 6.07) is 7.89. The number of hydrogen-bond donors (Lipinski definition) is 1. The molecular formula is C12H19NO2S. The summed E-state index contributed by atoms with van der Waals surface area (Å²) in [4.78, 5) is 0. The first-order valence-electron chi connectivity index (χ1n) is 5.52. The minimum Gasteiger partial charge on any atom is -0.212 e. The normalized spacial score (nSPS) is 12.0. The van der Waals surface area contributed by atoms with Crippen LogP contribution < -0.4 is 4.72 Å². The quantitative estimate of drug-likeness (QED) is 0.858. The van der Waals surface area contributed by atoms with Gasteiger partial charge in [0, 0.05) is 6.54 Å². The van der Waals surface area contributed by atoms with Gasteiger partial charge in [0.1, 0.15) is 0 Å². The Kier molecular flexibility index (Phi) is 4.50. The van der Waals surface area contributed by atoms with Crippen molar-refractivity contribution in [1.82, 2.24) is 4.72 Å². The predicted octanol–water partition coefficient (Wildman–Crippen LogP) is 2.08. The van der Waals surface area contributed by atoms with Crippen LogP contribution in [0, 0.1) is 0 Å². The fourth-order valence-corrected chi connectivity index (χ4v) is 2.11. The van der Waals surface area contributed by atoms with Gasteiger partial charge in [-0.15, -0.1) is 0 Å². The third kappa shape index (κ3) is 3.32. The van der Waals surface area contributed by atoms with E-state index in [0.29, 0.717) is 6.54 Å². The highest BCUT2D eigenvalue weighted by Crippen LogP contribution is 2.10. The van der Waals surface area contributed by atoms with Crippen LogP contribution in [-0.4, -0.2) is 13.7 Å². The Morgan fingerprint density at radius 3 is 2.25 bits per heavy atom. The van der Waals surface area contributed by atoms with Crippen molar-refractivity contribution in [2.75, 3.05) is 0 Å². The second-order valence-electron chi connectivity index (χ2n) is 4.04. The van der Waals surface area contributed by atoms with Gasteiger partial charge in [-0.05, 0) is 31.4 Å². The highest BCUT2D eigenvalue weighted by Gasteiger charge is 2.15. The van der Waals surface area contributed by atoms with Gasteiger partial charge >= 0.3 is 0 Å². The van der Waals surface area contributed by atoms with Gasteiger partial charge in [0.25, 0.3) is 0 Å². The molecular weight excluding hydrogens is 222 g/mol. The van der Waals surface area contributed by atoms with E-state index in [-0.39, 0.29) is 5.25 Å². The van der Waals surface area contributed by atoms with Gasteiger partial charge in [0.2, 0.25) is 10.0 Å². The summed E-state index contributed by atoms with van der Waals surface area (Å²) < 4.78 is 25.8. The van der Waals surface area contributed by atoms with E-state index in [1.807, 2.05) is 24.3 Å². The molecule has 0 radical (unpaired) electrons. The highest BCUT2D eigenvalue weighted by atomic mass is 32.2. The van der Waals surface area contributed by atoms with Crippen LogP contribution in [0.3, 0.4) is 0 Å². The van der Waals surface area contributed by atoms with Crippen molar-refractivity contribution in [2.45, 2.75) is 39.0 Å². The second-order valence-corrected chi connectivity index (χ2v) is 6.36. The zero-order valence-corrected chi connectivity index (χ0v) is 10.8. The highest BCUT2D eigenvalue weighted by molar-refractivity contribution is 7.90. The van der Waals surface area contributed by atoms with Crippen LogP contribution >= 0.6 is 0 Å². The van der Waals surface area contributed by atoms with Crippen molar-refractivity contribution in [3.8, 4) is 0 Å². The molecule has 0 amide bonds. The maximum Gasteiger partial charge on any atom is 0.214 e. The topological polar surface area (TPSA) is 46.2 Å². The minimum absolute atomic E-state index is 0.379. The van der Waals surface area contributed by atoms with E-state index >= 15 is 0 Å². The SMILES string of the molecule is CCc1ccccc1CNS(=O)(=O)C(C)C. The Morgan fingerprint density at radius 2 is 1.75 bits per heavy atom. The Hall–Kier alpha value is -0.870. The fraction of sp³-hybridized carbons (Fsp3) is 0.500. The molecule has 4 heteroatoms. The van der Waals surface area contributed by atoms with Crippen molar-refractivity contribution < 1.29 is 8.42 Å². The van der Waals surface area contributed by atoms with E-state index in [1.165, 1.54) is 5.56 Å². The molecule has 0 aliphatic heterocycles. The summed E-state index contributed by atoms with van der Waals surface area (Å²) in [7, 11) is -3.17. The molecule has 0 aliphatic carbocycles. The lowest BCUT2D eigenvalue weighted by Gasteiger charge is -2.11. The van der Waals surface area contributed by atoms with Crippen molar-refractivity contribution in [2.24, 2.45) is 0 Å². The van der Waals surface area contributed by atoms with Crippen LogP contribution in [0.15, 0.2) is 24.3 Å². The Bertz CT molecular complexity index is 438. The van der Waals surface area contributed by atoms with Gasteiger partial charge in [0.15, 0.2) is 0 Å². The predicted molar refractivity (Wildman–Crippen MR) is 66.7 cm³/mol. The molecule has 0 aromatic heterocycles. The van der Waals surface area contributed by atoms with E-state index in [0.717, 1.165) is 12.0 Å². The summed E-state index contributed by atoms with van der Waals surface area (Å²) in [6.45, 7) is 5.79. The molecule has 0 fully saturated rings. The van der Waals surface area contributed by atoms with Crippen molar-refractivity contribution in [3.05, 3.63) is 35.4 Å². The third-order valence-corrected chi connectivity index (χ3v) is 4.37. The molecule has 1 aromatic carbocycles. The van der Waals surface area contributed by atoms with Gasteiger partial charge in [-0.1, -0.05) is 31.2 Å². The summed E-state index contributed by atoms with van der Waals surface area (Å²) in [5, 5.41) is -0.388. The van der Waals surface area contributed by atoms with Crippen molar-refractivity contribution in [3.63, 3.8) is 0 Å². The summed E-state index contributed by atoms with van der Waals surface area (Å²) in [6.07, 6.45) is 0.916.